The van der Waals surface area contributed by atoms with E-state index in [-0.39, 0.29) is 10.5 Å². The highest BCUT2D eigenvalue weighted by Crippen LogP contribution is 2.26. The Morgan fingerprint density at radius 1 is 1.08 bits per heavy atom. The summed E-state index contributed by atoms with van der Waals surface area (Å²) in [5, 5.41) is 0. The highest BCUT2D eigenvalue weighted by atomic mass is 32.2. The molecule has 0 fully saturated rings. The Bertz CT molecular complexity index is 1100. The molecule has 25 heavy (non-hydrogen) atoms. The number of nitrogens with zero attached hydrogens (tertiary/aromatic N) is 1. The summed E-state index contributed by atoms with van der Waals surface area (Å²) in [6.45, 7) is 7.97. The number of hydrogen-bond donors (Lipinski definition) is 1. The second-order valence-corrected chi connectivity index (χ2v) is 7.80. The Hall–Kier alpha value is -2.54. The van der Waals surface area contributed by atoms with Gasteiger partial charge in [-0.1, -0.05) is 17.7 Å². The minimum Gasteiger partial charge on any atom is -0.408 e. The standard InChI is InChI=1S/C18H20N2O4S/c1-5-20-15-7-6-14(10-16(15)24-18(20)21)25(22,23)19-17-12(3)8-11(2)9-13(17)4/h6-10,19H,5H2,1-4H3. The minimum atomic E-state index is -3.79. The molecule has 2 aromatic carbocycles. The maximum absolute atomic E-state index is 12.8. The number of sulfonamides is 1. The molecule has 0 aliphatic rings. The molecule has 0 aliphatic carbocycles. The first-order valence-corrected chi connectivity index (χ1v) is 9.45. The summed E-state index contributed by atoms with van der Waals surface area (Å²) in [7, 11) is -3.79. The smallest absolute Gasteiger partial charge is 0.408 e. The van der Waals surface area contributed by atoms with Crippen LogP contribution in [0.3, 0.4) is 0 Å². The van der Waals surface area contributed by atoms with Gasteiger partial charge in [-0.2, -0.15) is 0 Å². The lowest BCUT2D eigenvalue weighted by molar-refractivity contribution is 0.512. The van der Waals surface area contributed by atoms with E-state index in [4.69, 9.17) is 4.42 Å². The van der Waals surface area contributed by atoms with E-state index < -0.39 is 15.8 Å². The van der Waals surface area contributed by atoms with Gasteiger partial charge < -0.3 is 4.42 Å². The second kappa shape index (κ2) is 6.07. The normalized spacial score (nSPS) is 11.8. The average Bonchev–Trinajstić information content (AvgIpc) is 2.85. The van der Waals surface area contributed by atoms with Gasteiger partial charge in [-0.15, -0.1) is 0 Å². The zero-order valence-corrected chi connectivity index (χ0v) is 15.4. The van der Waals surface area contributed by atoms with Gasteiger partial charge in [-0.05, 0) is 51.0 Å². The fourth-order valence-corrected chi connectivity index (χ4v) is 4.27. The number of nitrogens with one attached hydrogen (secondary N) is 1. The van der Waals surface area contributed by atoms with Crippen LogP contribution in [0.4, 0.5) is 5.69 Å². The molecule has 0 aliphatic heterocycles. The van der Waals surface area contributed by atoms with Gasteiger partial charge in [0, 0.05) is 12.6 Å². The van der Waals surface area contributed by atoms with Gasteiger partial charge >= 0.3 is 5.76 Å². The molecule has 0 unspecified atom stereocenters. The number of anilines is 1. The van der Waals surface area contributed by atoms with E-state index in [9.17, 15) is 13.2 Å². The van der Waals surface area contributed by atoms with E-state index in [0.29, 0.717) is 17.7 Å². The third-order valence-electron chi connectivity index (χ3n) is 4.18. The molecule has 0 bridgehead atoms. The summed E-state index contributed by atoms with van der Waals surface area (Å²) < 4.78 is 34.8. The molecule has 132 valence electrons. The number of aromatic nitrogens is 1. The van der Waals surface area contributed by atoms with Crippen LogP contribution in [0.1, 0.15) is 23.6 Å². The van der Waals surface area contributed by atoms with E-state index in [1.54, 1.807) is 6.07 Å². The first kappa shape index (κ1) is 17.3. The molecular formula is C18H20N2O4S. The molecule has 0 radical (unpaired) electrons. The summed E-state index contributed by atoms with van der Waals surface area (Å²) in [4.78, 5) is 11.8. The first-order valence-electron chi connectivity index (χ1n) is 7.97. The summed E-state index contributed by atoms with van der Waals surface area (Å²) in [6, 6.07) is 8.30. The molecule has 3 rings (SSSR count). The van der Waals surface area contributed by atoms with Crippen molar-refractivity contribution in [2.75, 3.05) is 4.72 Å². The fourth-order valence-electron chi connectivity index (χ4n) is 3.05. The van der Waals surface area contributed by atoms with Crippen molar-refractivity contribution in [1.82, 2.24) is 4.57 Å². The van der Waals surface area contributed by atoms with Crippen LogP contribution in [0.5, 0.6) is 0 Å². The summed E-state index contributed by atoms with van der Waals surface area (Å²) in [5.41, 5.74) is 4.18. The Morgan fingerprint density at radius 2 is 1.72 bits per heavy atom. The predicted octanol–water partition coefficient (Wildman–Crippen LogP) is 3.34. The van der Waals surface area contributed by atoms with Gasteiger partial charge in [-0.25, -0.2) is 13.2 Å². The number of rotatable bonds is 4. The van der Waals surface area contributed by atoms with Crippen LogP contribution >= 0.6 is 0 Å². The van der Waals surface area contributed by atoms with Gasteiger partial charge in [0.05, 0.1) is 16.1 Å². The van der Waals surface area contributed by atoms with Crippen LogP contribution in [0.15, 0.2) is 44.4 Å². The zero-order chi connectivity index (χ0) is 18.4. The lowest BCUT2D eigenvalue weighted by Crippen LogP contribution is -2.15. The lowest BCUT2D eigenvalue weighted by atomic mass is 10.1. The van der Waals surface area contributed by atoms with Crippen molar-refractivity contribution in [2.45, 2.75) is 39.1 Å². The monoisotopic (exact) mass is 360 g/mol. The van der Waals surface area contributed by atoms with Crippen LogP contribution in [-0.4, -0.2) is 13.0 Å². The van der Waals surface area contributed by atoms with Gasteiger partial charge in [0.15, 0.2) is 5.58 Å². The maximum Gasteiger partial charge on any atom is 0.419 e. The van der Waals surface area contributed by atoms with Crippen LogP contribution in [0.2, 0.25) is 0 Å². The van der Waals surface area contributed by atoms with Crippen molar-refractivity contribution < 1.29 is 12.8 Å². The number of benzene rings is 2. The van der Waals surface area contributed by atoms with E-state index in [2.05, 4.69) is 4.72 Å². The Balaban J connectivity index is 2.06. The zero-order valence-electron chi connectivity index (χ0n) is 14.6. The third-order valence-corrected chi connectivity index (χ3v) is 5.53. The van der Waals surface area contributed by atoms with E-state index >= 15 is 0 Å². The van der Waals surface area contributed by atoms with E-state index in [1.165, 1.54) is 16.7 Å². The molecule has 0 saturated heterocycles. The van der Waals surface area contributed by atoms with Crippen molar-refractivity contribution in [3.8, 4) is 0 Å². The van der Waals surface area contributed by atoms with E-state index in [0.717, 1.165) is 16.7 Å². The molecular weight excluding hydrogens is 340 g/mol. The van der Waals surface area contributed by atoms with Crippen LogP contribution in [-0.2, 0) is 16.6 Å². The molecule has 6 nitrogen and oxygen atoms in total. The van der Waals surface area contributed by atoms with Crippen molar-refractivity contribution in [3.63, 3.8) is 0 Å². The highest BCUT2D eigenvalue weighted by Gasteiger charge is 2.19. The summed E-state index contributed by atoms with van der Waals surface area (Å²) >= 11 is 0. The molecule has 0 spiro atoms. The van der Waals surface area contributed by atoms with Crippen LogP contribution in [0, 0.1) is 20.8 Å². The molecule has 1 aromatic heterocycles. The van der Waals surface area contributed by atoms with Crippen molar-refractivity contribution in [1.29, 1.82) is 0 Å². The maximum atomic E-state index is 12.8. The van der Waals surface area contributed by atoms with E-state index in [1.807, 2.05) is 39.8 Å². The van der Waals surface area contributed by atoms with Gasteiger partial charge in [0.1, 0.15) is 0 Å². The molecule has 3 aromatic rings. The fraction of sp³-hybridized carbons (Fsp3) is 0.278. The number of aryl methyl sites for hydroxylation is 4. The number of hydrogen-bond acceptors (Lipinski definition) is 4. The minimum absolute atomic E-state index is 0.0522. The Kier molecular flexibility index (Phi) is 4.20. The highest BCUT2D eigenvalue weighted by molar-refractivity contribution is 7.92. The molecule has 0 atom stereocenters. The number of oxazole rings is 1. The third kappa shape index (κ3) is 3.07. The Labute approximate surface area is 146 Å². The van der Waals surface area contributed by atoms with Gasteiger partial charge in [-0.3, -0.25) is 9.29 Å². The lowest BCUT2D eigenvalue weighted by Gasteiger charge is -2.14. The SMILES string of the molecule is CCn1c(=O)oc2cc(S(=O)(=O)Nc3c(C)cc(C)cc3C)ccc21. The van der Waals surface area contributed by atoms with Gasteiger partial charge in [0.25, 0.3) is 10.0 Å². The predicted molar refractivity (Wildman–Crippen MR) is 97.6 cm³/mol. The summed E-state index contributed by atoms with van der Waals surface area (Å²) in [5.74, 6) is -0.495. The number of fused-ring (bicyclic) bond motifs is 1. The molecule has 1 N–H and O–H groups in total. The van der Waals surface area contributed by atoms with Crippen molar-refractivity contribution in [2.24, 2.45) is 0 Å². The van der Waals surface area contributed by atoms with Crippen molar-refractivity contribution in [3.05, 3.63) is 57.6 Å². The average molecular weight is 360 g/mol. The first-order chi connectivity index (χ1) is 11.7. The van der Waals surface area contributed by atoms with Crippen molar-refractivity contribution >= 4 is 26.8 Å². The second-order valence-electron chi connectivity index (χ2n) is 6.12. The molecule has 1 heterocycles. The summed E-state index contributed by atoms with van der Waals surface area (Å²) in [6.07, 6.45) is 0. The molecule has 7 heteroatoms. The topological polar surface area (TPSA) is 81.3 Å². The molecule has 0 amide bonds. The Morgan fingerprint density at radius 3 is 2.32 bits per heavy atom. The van der Waals surface area contributed by atoms with Crippen LogP contribution in [0.25, 0.3) is 11.1 Å². The largest absolute Gasteiger partial charge is 0.419 e. The molecule has 0 saturated carbocycles. The van der Waals surface area contributed by atoms with Gasteiger partial charge in [0.2, 0.25) is 0 Å². The van der Waals surface area contributed by atoms with Crippen LogP contribution < -0.4 is 10.5 Å². The quantitative estimate of drug-likeness (QED) is 0.774.